The molecule has 0 fully saturated rings. The maximum absolute atomic E-state index is 7.59. The van der Waals surface area contributed by atoms with Gasteiger partial charge in [-0.05, 0) is 31.2 Å². The second-order valence-electron chi connectivity index (χ2n) is 4.00. The summed E-state index contributed by atoms with van der Waals surface area (Å²) < 4.78 is 7.59. The van der Waals surface area contributed by atoms with Gasteiger partial charge in [-0.15, -0.1) is 0 Å². The van der Waals surface area contributed by atoms with Gasteiger partial charge in [-0.3, -0.25) is 15.1 Å². The highest BCUT2D eigenvalue weighted by Gasteiger charge is 2.10. The summed E-state index contributed by atoms with van der Waals surface area (Å²) in [5, 5.41) is 7.05. The fourth-order valence-corrected chi connectivity index (χ4v) is 1.86. The molecule has 0 radical (unpaired) electrons. The monoisotopic (exact) mass is 237 g/mol. The second-order valence-corrected chi connectivity index (χ2v) is 4.00. The van der Waals surface area contributed by atoms with Crippen molar-refractivity contribution in [2.24, 2.45) is 0 Å². The molecule has 4 nitrogen and oxygen atoms in total. The van der Waals surface area contributed by atoms with Crippen LogP contribution in [-0.4, -0.2) is 20.2 Å². The predicted octanol–water partition coefficient (Wildman–Crippen LogP) is 2.84. The molecule has 18 heavy (non-hydrogen) atoms. The summed E-state index contributed by atoms with van der Waals surface area (Å²) in [4.78, 5) is 8.38. The summed E-state index contributed by atoms with van der Waals surface area (Å²) in [7, 11) is 0. The van der Waals surface area contributed by atoms with Gasteiger partial charge in [-0.2, -0.15) is 5.10 Å². The molecule has 0 saturated heterocycles. The Labute approximate surface area is 106 Å². The van der Waals surface area contributed by atoms with Crippen LogP contribution in [0.25, 0.3) is 22.5 Å². The molecule has 0 atom stereocenters. The van der Waals surface area contributed by atoms with Gasteiger partial charge >= 0.3 is 0 Å². The number of pyridine rings is 2. The molecule has 0 spiro atoms. The lowest BCUT2D eigenvalue weighted by molar-refractivity contribution is 1.09. The van der Waals surface area contributed by atoms with E-state index in [9.17, 15) is 0 Å². The number of nitrogens with one attached hydrogen (secondary N) is 1. The first kappa shape index (κ1) is 9.53. The average Bonchev–Trinajstić information content (AvgIpc) is 2.88. The normalized spacial score (nSPS) is 11.3. The Balaban J connectivity index is 2.13. The molecular formula is C14H12N4. The Morgan fingerprint density at radius 1 is 1.22 bits per heavy atom. The summed E-state index contributed by atoms with van der Waals surface area (Å²) >= 11 is 0. The third-order valence-electron chi connectivity index (χ3n) is 2.72. The minimum absolute atomic E-state index is 0.232. The molecule has 0 bridgehead atoms. The van der Waals surface area contributed by atoms with E-state index in [1.807, 2.05) is 31.2 Å². The molecule has 0 aromatic carbocycles. The van der Waals surface area contributed by atoms with Crippen LogP contribution in [0.1, 0.15) is 7.06 Å². The Hall–Kier alpha value is -2.49. The molecule has 3 aromatic rings. The third-order valence-corrected chi connectivity index (χ3v) is 2.72. The molecule has 3 aromatic heterocycles. The minimum atomic E-state index is 0.232. The number of rotatable bonds is 2. The second kappa shape index (κ2) is 4.41. The number of H-pyrrole nitrogens is 1. The van der Waals surface area contributed by atoms with Crippen molar-refractivity contribution in [1.29, 1.82) is 0 Å². The van der Waals surface area contributed by atoms with Crippen LogP contribution in [0.15, 0.2) is 48.9 Å². The van der Waals surface area contributed by atoms with Gasteiger partial charge in [-0.25, -0.2) is 0 Å². The zero-order chi connectivity index (χ0) is 13.2. The number of hydrogen-bond donors (Lipinski definition) is 1. The van der Waals surface area contributed by atoms with Gasteiger partial charge in [0.2, 0.25) is 0 Å². The minimum Gasteiger partial charge on any atom is -0.277 e. The van der Waals surface area contributed by atoms with Crippen molar-refractivity contribution in [2.75, 3.05) is 0 Å². The molecule has 0 amide bonds. The number of aromatic amines is 1. The summed E-state index contributed by atoms with van der Waals surface area (Å²) in [6, 6.07) is 9.43. The van der Waals surface area contributed by atoms with Crippen LogP contribution in [0.3, 0.4) is 0 Å². The standard InChI is InChI=1S/C14H12N4/c1-10-3-2-4-13(17-10)12-9-16-18-14(12)11-5-7-15-8-6-11/h2-9H,1H3,(H,16,18)/i7D. The molecule has 3 rings (SSSR count). The van der Waals surface area contributed by atoms with Crippen LogP contribution in [0.5, 0.6) is 0 Å². The quantitative estimate of drug-likeness (QED) is 0.745. The van der Waals surface area contributed by atoms with Gasteiger partial charge in [-0.1, -0.05) is 6.07 Å². The van der Waals surface area contributed by atoms with Crippen molar-refractivity contribution < 1.29 is 1.37 Å². The van der Waals surface area contributed by atoms with E-state index in [-0.39, 0.29) is 6.17 Å². The lowest BCUT2D eigenvalue weighted by Crippen LogP contribution is -1.87. The van der Waals surface area contributed by atoms with Crippen LogP contribution < -0.4 is 0 Å². The Bertz CT molecular complexity index is 661. The van der Waals surface area contributed by atoms with E-state index >= 15 is 0 Å². The SMILES string of the molecule is [2H]c1cc(-c2[nH]ncc2-c2cccc(C)n2)ccn1. The smallest absolute Gasteiger partial charge is 0.0840 e. The summed E-state index contributed by atoms with van der Waals surface area (Å²) in [5.74, 6) is 0. The molecule has 1 N–H and O–H groups in total. The topological polar surface area (TPSA) is 54.5 Å². The first-order valence-corrected chi connectivity index (χ1v) is 5.64. The molecule has 4 heteroatoms. The third kappa shape index (κ3) is 1.88. The van der Waals surface area contributed by atoms with Crippen molar-refractivity contribution in [1.82, 2.24) is 20.2 Å². The lowest BCUT2D eigenvalue weighted by atomic mass is 10.1. The van der Waals surface area contributed by atoms with Gasteiger partial charge in [0.25, 0.3) is 0 Å². The van der Waals surface area contributed by atoms with E-state index in [1.54, 1.807) is 18.5 Å². The number of aryl methyl sites for hydroxylation is 1. The Morgan fingerprint density at radius 2 is 2.17 bits per heavy atom. The van der Waals surface area contributed by atoms with Crippen LogP contribution >= 0.6 is 0 Å². The van der Waals surface area contributed by atoms with Crippen LogP contribution in [0.2, 0.25) is 0 Å². The summed E-state index contributed by atoms with van der Waals surface area (Å²) in [6.45, 7) is 1.96. The molecule has 0 saturated carbocycles. The highest BCUT2D eigenvalue weighted by Crippen LogP contribution is 2.28. The van der Waals surface area contributed by atoms with Crippen molar-refractivity contribution in [3.8, 4) is 22.5 Å². The van der Waals surface area contributed by atoms with Gasteiger partial charge in [0, 0.05) is 29.2 Å². The Kier molecular flexibility index (Phi) is 2.33. The highest BCUT2D eigenvalue weighted by atomic mass is 15.1. The highest BCUT2D eigenvalue weighted by molar-refractivity contribution is 5.78. The van der Waals surface area contributed by atoms with Crippen molar-refractivity contribution in [3.63, 3.8) is 0 Å². The van der Waals surface area contributed by atoms with E-state index in [2.05, 4.69) is 20.2 Å². The van der Waals surface area contributed by atoms with Crippen LogP contribution in [0.4, 0.5) is 0 Å². The van der Waals surface area contributed by atoms with E-state index in [1.165, 1.54) is 0 Å². The first-order chi connectivity index (χ1) is 9.24. The molecule has 0 aliphatic carbocycles. The molecule has 0 aliphatic rings. The predicted molar refractivity (Wildman–Crippen MR) is 69.8 cm³/mol. The van der Waals surface area contributed by atoms with E-state index in [0.717, 1.165) is 28.2 Å². The van der Waals surface area contributed by atoms with Crippen LogP contribution in [-0.2, 0) is 0 Å². The Morgan fingerprint density at radius 3 is 3.00 bits per heavy atom. The van der Waals surface area contributed by atoms with Gasteiger partial charge in [0.1, 0.15) is 0 Å². The number of hydrogen-bond acceptors (Lipinski definition) is 3. The van der Waals surface area contributed by atoms with Gasteiger partial charge in [0.15, 0.2) is 0 Å². The zero-order valence-electron chi connectivity index (χ0n) is 10.9. The fraction of sp³-hybridized carbons (Fsp3) is 0.0714. The van der Waals surface area contributed by atoms with E-state index < -0.39 is 0 Å². The average molecular weight is 237 g/mol. The number of nitrogens with zero attached hydrogens (tertiary/aromatic N) is 3. The van der Waals surface area contributed by atoms with Gasteiger partial charge in [0.05, 0.1) is 19.0 Å². The fourth-order valence-electron chi connectivity index (χ4n) is 1.86. The van der Waals surface area contributed by atoms with Crippen molar-refractivity contribution in [2.45, 2.75) is 6.92 Å². The van der Waals surface area contributed by atoms with Crippen LogP contribution in [0, 0.1) is 6.92 Å². The van der Waals surface area contributed by atoms with Crippen molar-refractivity contribution >= 4 is 0 Å². The molecule has 0 unspecified atom stereocenters. The number of aromatic nitrogens is 4. The largest absolute Gasteiger partial charge is 0.277 e. The first-order valence-electron chi connectivity index (χ1n) is 6.14. The van der Waals surface area contributed by atoms with E-state index in [0.29, 0.717) is 0 Å². The van der Waals surface area contributed by atoms with Crippen molar-refractivity contribution in [3.05, 3.63) is 54.6 Å². The zero-order valence-corrected chi connectivity index (χ0v) is 9.88. The maximum Gasteiger partial charge on any atom is 0.0840 e. The van der Waals surface area contributed by atoms with E-state index in [4.69, 9.17) is 1.37 Å². The molecule has 88 valence electrons. The molecule has 3 heterocycles. The lowest BCUT2D eigenvalue weighted by Gasteiger charge is -2.03. The molecular weight excluding hydrogens is 224 g/mol. The van der Waals surface area contributed by atoms with Gasteiger partial charge < -0.3 is 0 Å². The molecule has 0 aliphatic heterocycles. The summed E-state index contributed by atoms with van der Waals surface area (Å²) in [5.41, 5.74) is 4.49. The summed E-state index contributed by atoms with van der Waals surface area (Å²) in [6.07, 6.45) is 3.60. The maximum atomic E-state index is 7.59.